The third-order valence-corrected chi connectivity index (χ3v) is 7.43. The van der Waals surface area contributed by atoms with Crippen molar-refractivity contribution in [2.75, 3.05) is 32.1 Å². The minimum Gasteiger partial charge on any atom is -0.425 e. The molecule has 0 aromatic carbocycles. The summed E-state index contributed by atoms with van der Waals surface area (Å²) in [5, 5.41) is 15.4. The molecule has 1 aliphatic heterocycles. The maximum Gasteiger partial charge on any atom is 0.274 e. The highest BCUT2D eigenvalue weighted by Crippen LogP contribution is 2.41. The highest BCUT2D eigenvalue weighted by Gasteiger charge is 2.36. The number of amides is 1. The van der Waals surface area contributed by atoms with E-state index >= 15 is 0 Å². The minimum atomic E-state index is -0.0136. The molecule has 2 aromatic heterocycles. The number of hydrogen-bond donors (Lipinski definition) is 2. The fraction of sp³-hybridized carbons (Fsp3) is 0.692. The van der Waals surface area contributed by atoms with Crippen molar-refractivity contribution in [3.8, 4) is 0 Å². The van der Waals surface area contributed by atoms with Crippen molar-refractivity contribution in [2.45, 2.75) is 82.9 Å². The van der Waals surface area contributed by atoms with Crippen LogP contribution < -0.4 is 10.6 Å². The molecular weight excluding hydrogens is 444 g/mol. The summed E-state index contributed by atoms with van der Waals surface area (Å²) in [6.45, 7) is 8.28. The molecule has 0 radical (unpaired) electrons. The molecule has 2 N–H and O–H groups in total. The van der Waals surface area contributed by atoms with Crippen LogP contribution in [0.4, 0.5) is 5.69 Å². The Morgan fingerprint density at radius 3 is 2.69 bits per heavy atom. The average Bonchev–Trinajstić information content (AvgIpc) is 3.59. The SMILES string of the molecule is COC1CC(Nc2cc(C3CC3)cnc2C(=O)N(CC(C)C)[C@@H]2CNC[C@H](c3nnc(C)o3)C2)C1. The first-order valence-electron chi connectivity index (χ1n) is 13.0. The lowest BCUT2D eigenvalue weighted by atomic mass is 9.89. The molecule has 5 rings (SSSR count). The molecule has 2 aromatic rings. The van der Waals surface area contributed by atoms with Crippen LogP contribution in [0.1, 0.15) is 85.6 Å². The Bertz CT molecular complexity index is 1030. The highest BCUT2D eigenvalue weighted by atomic mass is 16.5. The normalized spacial score (nSPS) is 26.4. The zero-order chi connectivity index (χ0) is 24.5. The summed E-state index contributed by atoms with van der Waals surface area (Å²) < 4.78 is 11.2. The lowest BCUT2D eigenvalue weighted by molar-refractivity contribution is 0.0328. The first-order chi connectivity index (χ1) is 16.9. The van der Waals surface area contributed by atoms with E-state index in [1.54, 1.807) is 14.0 Å². The van der Waals surface area contributed by atoms with Crippen LogP contribution in [0.15, 0.2) is 16.7 Å². The Morgan fingerprint density at radius 1 is 1.23 bits per heavy atom. The van der Waals surface area contributed by atoms with Gasteiger partial charge in [0, 0.05) is 51.9 Å². The molecule has 35 heavy (non-hydrogen) atoms. The number of aryl methyl sites for hydroxylation is 1. The van der Waals surface area contributed by atoms with Gasteiger partial charge in [-0.15, -0.1) is 10.2 Å². The maximum absolute atomic E-state index is 14.1. The third-order valence-electron chi connectivity index (χ3n) is 7.43. The van der Waals surface area contributed by atoms with Gasteiger partial charge in [0.25, 0.3) is 5.91 Å². The fourth-order valence-electron chi connectivity index (χ4n) is 5.25. The van der Waals surface area contributed by atoms with E-state index in [-0.39, 0.29) is 17.9 Å². The number of carbonyl (C=O) groups is 1. The smallest absolute Gasteiger partial charge is 0.274 e. The Morgan fingerprint density at radius 2 is 2.03 bits per heavy atom. The molecule has 0 unspecified atom stereocenters. The van der Waals surface area contributed by atoms with E-state index in [0.29, 0.717) is 48.0 Å². The van der Waals surface area contributed by atoms with Crippen LogP contribution in [-0.2, 0) is 4.74 Å². The van der Waals surface area contributed by atoms with Crippen molar-refractivity contribution in [2.24, 2.45) is 5.92 Å². The van der Waals surface area contributed by atoms with Crippen LogP contribution in [0.3, 0.4) is 0 Å². The second kappa shape index (κ2) is 10.2. The lowest BCUT2D eigenvalue weighted by Gasteiger charge is -2.39. The number of nitrogens with zero attached hydrogens (tertiary/aromatic N) is 4. The quantitative estimate of drug-likeness (QED) is 0.560. The number of carbonyl (C=O) groups excluding carboxylic acids is 1. The van der Waals surface area contributed by atoms with Crippen LogP contribution in [0, 0.1) is 12.8 Å². The second-order valence-corrected chi connectivity index (χ2v) is 10.9. The van der Waals surface area contributed by atoms with Gasteiger partial charge in [-0.25, -0.2) is 4.98 Å². The molecule has 3 aliphatic rings. The largest absolute Gasteiger partial charge is 0.425 e. The zero-order valence-electron chi connectivity index (χ0n) is 21.3. The number of piperidine rings is 1. The molecule has 0 bridgehead atoms. The second-order valence-electron chi connectivity index (χ2n) is 10.9. The minimum absolute atomic E-state index is 0.0136. The highest BCUT2D eigenvalue weighted by molar-refractivity contribution is 5.98. The van der Waals surface area contributed by atoms with Crippen molar-refractivity contribution in [1.82, 2.24) is 25.4 Å². The first kappa shape index (κ1) is 24.2. The standard InChI is InChI=1S/C26H38N6O3/c1-15(2)14-32(21-7-19(11-27-13-21)25-31-30-16(3)35-25)26(33)24-23(29-20-9-22(10-20)34-4)8-18(12-28-24)17-5-6-17/h8,12,15,17,19-22,27,29H,5-7,9-11,13-14H2,1-4H3/t19-,20?,21+,22?/m1/s1. The van der Waals surface area contributed by atoms with Crippen molar-refractivity contribution < 1.29 is 13.9 Å². The molecular formula is C26H38N6O3. The lowest BCUT2D eigenvalue weighted by Crippen LogP contribution is -2.52. The maximum atomic E-state index is 14.1. The summed E-state index contributed by atoms with van der Waals surface area (Å²) in [7, 11) is 1.76. The van der Waals surface area contributed by atoms with Gasteiger partial charge in [-0.1, -0.05) is 13.8 Å². The Balaban J connectivity index is 1.39. The Hall–Kier alpha value is -2.52. The summed E-state index contributed by atoms with van der Waals surface area (Å²) >= 11 is 0. The van der Waals surface area contributed by atoms with Gasteiger partial charge < -0.3 is 24.7 Å². The number of methoxy groups -OCH3 is 1. The summed E-state index contributed by atoms with van der Waals surface area (Å²) in [4.78, 5) is 20.8. The molecule has 190 valence electrons. The van der Waals surface area contributed by atoms with Gasteiger partial charge in [-0.05, 0) is 55.6 Å². The van der Waals surface area contributed by atoms with E-state index in [0.717, 1.165) is 38.0 Å². The molecule has 2 aliphatic carbocycles. The summed E-state index contributed by atoms with van der Waals surface area (Å²) in [5.74, 6) is 2.19. The number of hydrogen-bond acceptors (Lipinski definition) is 8. The number of pyridine rings is 1. The van der Waals surface area contributed by atoms with E-state index in [1.807, 2.05) is 11.1 Å². The van der Waals surface area contributed by atoms with Gasteiger partial charge in [-0.2, -0.15) is 0 Å². The van der Waals surface area contributed by atoms with Crippen LogP contribution in [0.25, 0.3) is 0 Å². The number of ether oxygens (including phenoxy) is 1. The summed E-state index contributed by atoms with van der Waals surface area (Å²) in [6, 6.07) is 2.49. The van der Waals surface area contributed by atoms with Crippen molar-refractivity contribution in [1.29, 1.82) is 0 Å². The predicted octanol–water partition coefficient (Wildman–Crippen LogP) is 3.48. The van der Waals surface area contributed by atoms with Gasteiger partial charge in [-0.3, -0.25) is 4.79 Å². The average molecular weight is 483 g/mol. The van der Waals surface area contributed by atoms with E-state index in [9.17, 15) is 4.79 Å². The van der Waals surface area contributed by atoms with Gasteiger partial charge in [0.2, 0.25) is 11.8 Å². The van der Waals surface area contributed by atoms with E-state index in [1.165, 1.54) is 18.4 Å². The van der Waals surface area contributed by atoms with E-state index < -0.39 is 0 Å². The number of anilines is 1. The summed E-state index contributed by atoms with van der Waals surface area (Å²) in [6.07, 6.45) is 7.29. The molecule has 1 amide bonds. The molecule has 2 atom stereocenters. The van der Waals surface area contributed by atoms with Gasteiger partial charge >= 0.3 is 0 Å². The zero-order valence-corrected chi connectivity index (χ0v) is 21.3. The Kier molecular flexibility index (Phi) is 7.07. The van der Waals surface area contributed by atoms with Crippen molar-refractivity contribution in [3.05, 3.63) is 35.3 Å². The van der Waals surface area contributed by atoms with E-state index in [2.05, 4.69) is 40.7 Å². The van der Waals surface area contributed by atoms with Gasteiger partial charge in [0.05, 0.1) is 17.7 Å². The van der Waals surface area contributed by atoms with Crippen molar-refractivity contribution >= 4 is 11.6 Å². The molecule has 0 spiro atoms. The number of aromatic nitrogens is 3. The van der Waals surface area contributed by atoms with Gasteiger partial charge in [0.15, 0.2) is 5.69 Å². The predicted molar refractivity (Wildman–Crippen MR) is 133 cm³/mol. The molecule has 9 heteroatoms. The summed E-state index contributed by atoms with van der Waals surface area (Å²) in [5.41, 5.74) is 2.61. The fourth-order valence-corrected chi connectivity index (χ4v) is 5.25. The number of nitrogens with one attached hydrogen (secondary N) is 2. The Labute approximate surface area is 207 Å². The topological polar surface area (TPSA) is 105 Å². The van der Waals surface area contributed by atoms with Crippen LogP contribution in [0.5, 0.6) is 0 Å². The van der Waals surface area contributed by atoms with Crippen LogP contribution in [-0.4, -0.2) is 70.9 Å². The molecule has 1 saturated heterocycles. The number of rotatable bonds is 9. The molecule has 3 fully saturated rings. The van der Waals surface area contributed by atoms with Crippen LogP contribution in [0.2, 0.25) is 0 Å². The van der Waals surface area contributed by atoms with Crippen LogP contribution >= 0.6 is 0 Å². The monoisotopic (exact) mass is 482 g/mol. The van der Waals surface area contributed by atoms with Crippen molar-refractivity contribution in [3.63, 3.8) is 0 Å². The molecule has 3 heterocycles. The third kappa shape index (κ3) is 5.51. The first-order valence-corrected chi connectivity index (χ1v) is 13.0. The molecule has 2 saturated carbocycles. The molecule has 9 nitrogen and oxygen atoms in total. The van der Waals surface area contributed by atoms with Gasteiger partial charge in [0.1, 0.15) is 0 Å². The van der Waals surface area contributed by atoms with E-state index in [4.69, 9.17) is 14.1 Å².